The van der Waals surface area contributed by atoms with Gasteiger partial charge in [-0.15, -0.1) is 6.58 Å². The highest BCUT2D eigenvalue weighted by atomic mass is 16.4. The lowest BCUT2D eigenvalue weighted by Crippen LogP contribution is -2.23. The molecule has 0 saturated carbocycles. The first-order valence-electron chi connectivity index (χ1n) is 3.69. The summed E-state index contributed by atoms with van der Waals surface area (Å²) in [6, 6.07) is 0. The third kappa shape index (κ3) is 2.88. The second-order valence-corrected chi connectivity index (χ2v) is 2.78. The second-order valence-electron chi connectivity index (χ2n) is 2.78. The van der Waals surface area contributed by atoms with E-state index in [1.807, 2.05) is 0 Å². The van der Waals surface area contributed by atoms with Crippen molar-refractivity contribution >= 4 is 5.97 Å². The monoisotopic (exact) mass is 170 g/mol. The maximum Gasteiger partial charge on any atom is 0.313 e. The molecule has 0 spiro atoms. The van der Waals surface area contributed by atoms with E-state index in [0.717, 1.165) is 0 Å². The van der Waals surface area contributed by atoms with Gasteiger partial charge >= 0.3 is 5.97 Å². The van der Waals surface area contributed by atoms with Crippen molar-refractivity contribution in [2.75, 3.05) is 6.61 Å². The fourth-order valence-electron chi connectivity index (χ4n) is 0.661. The molecule has 0 saturated heterocycles. The van der Waals surface area contributed by atoms with Crippen LogP contribution in [-0.4, -0.2) is 22.8 Å². The molecule has 12 heavy (non-hydrogen) atoms. The van der Waals surface area contributed by atoms with E-state index in [0.29, 0.717) is 6.42 Å². The fraction of sp³-hybridized carbons (Fsp3) is 0.444. The Morgan fingerprint density at radius 1 is 1.58 bits per heavy atom. The van der Waals surface area contributed by atoms with Crippen LogP contribution in [0.25, 0.3) is 0 Å². The van der Waals surface area contributed by atoms with Gasteiger partial charge in [-0.1, -0.05) is 18.2 Å². The summed E-state index contributed by atoms with van der Waals surface area (Å²) < 4.78 is 0. The van der Waals surface area contributed by atoms with Crippen molar-refractivity contribution in [1.29, 1.82) is 0 Å². The van der Waals surface area contributed by atoms with Crippen LogP contribution >= 0.6 is 0 Å². The minimum absolute atomic E-state index is 0.0627. The number of hydrogen-bond donors (Lipinski definition) is 2. The molecule has 0 aliphatic heterocycles. The lowest BCUT2D eigenvalue weighted by atomic mass is 9.87. The van der Waals surface area contributed by atoms with Crippen LogP contribution in [0.3, 0.4) is 0 Å². The number of carboxylic acid groups (broad SMARTS) is 1. The molecule has 68 valence electrons. The number of hydrogen-bond acceptors (Lipinski definition) is 2. The minimum Gasteiger partial charge on any atom is -0.481 e. The number of aliphatic hydroxyl groups is 1. The van der Waals surface area contributed by atoms with E-state index >= 15 is 0 Å². The zero-order valence-electron chi connectivity index (χ0n) is 7.16. The molecule has 0 rings (SSSR count). The van der Waals surface area contributed by atoms with Crippen LogP contribution < -0.4 is 0 Å². The first kappa shape index (κ1) is 10.9. The Morgan fingerprint density at radius 3 is 2.50 bits per heavy atom. The molecule has 0 aromatic carbocycles. The summed E-state index contributed by atoms with van der Waals surface area (Å²) in [4.78, 5) is 10.7. The zero-order valence-corrected chi connectivity index (χ0v) is 7.16. The van der Waals surface area contributed by atoms with Crippen molar-refractivity contribution in [2.45, 2.75) is 13.3 Å². The number of carbonyl (C=O) groups is 1. The van der Waals surface area contributed by atoms with Crippen LogP contribution in [-0.2, 0) is 4.79 Å². The molecule has 1 unspecified atom stereocenters. The molecule has 0 bridgehead atoms. The third-order valence-corrected chi connectivity index (χ3v) is 1.75. The van der Waals surface area contributed by atoms with Crippen LogP contribution in [0.2, 0.25) is 0 Å². The van der Waals surface area contributed by atoms with Crippen molar-refractivity contribution in [1.82, 2.24) is 0 Å². The maximum absolute atomic E-state index is 10.7. The molecular weight excluding hydrogens is 156 g/mol. The topological polar surface area (TPSA) is 57.5 Å². The second kappa shape index (κ2) is 4.72. The van der Waals surface area contributed by atoms with Crippen LogP contribution in [0.1, 0.15) is 13.3 Å². The lowest BCUT2D eigenvalue weighted by Gasteiger charge is -2.17. The van der Waals surface area contributed by atoms with Crippen molar-refractivity contribution in [2.24, 2.45) is 5.41 Å². The number of carboxylic acids is 1. The van der Waals surface area contributed by atoms with Crippen molar-refractivity contribution in [3.63, 3.8) is 0 Å². The van der Waals surface area contributed by atoms with Crippen LogP contribution in [0, 0.1) is 5.41 Å². The summed E-state index contributed by atoms with van der Waals surface area (Å²) >= 11 is 0. The normalized spacial score (nSPS) is 15.8. The van der Waals surface area contributed by atoms with Gasteiger partial charge in [0.25, 0.3) is 0 Å². The van der Waals surface area contributed by atoms with Gasteiger partial charge < -0.3 is 10.2 Å². The number of aliphatic hydroxyl groups excluding tert-OH is 1. The predicted molar refractivity (Wildman–Crippen MR) is 46.8 cm³/mol. The van der Waals surface area contributed by atoms with Gasteiger partial charge in [-0.05, 0) is 13.3 Å². The van der Waals surface area contributed by atoms with Gasteiger partial charge in [0.05, 0.1) is 12.0 Å². The molecule has 0 aliphatic carbocycles. The maximum atomic E-state index is 10.7. The molecule has 2 N–H and O–H groups in total. The number of allylic oxidation sites excluding steroid dienone is 1. The van der Waals surface area contributed by atoms with Gasteiger partial charge in [0.1, 0.15) is 0 Å². The summed E-state index contributed by atoms with van der Waals surface area (Å²) in [6.07, 6.45) is 4.91. The van der Waals surface area contributed by atoms with Gasteiger partial charge in [-0.3, -0.25) is 4.79 Å². The van der Waals surface area contributed by atoms with Gasteiger partial charge in [0.15, 0.2) is 0 Å². The molecule has 0 aromatic heterocycles. The summed E-state index contributed by atoms with van der Waals surface area (Å²) in [7, 11) is 0. The van der Waals surface area contributed by atoms with E-state index in [-0.39, 0.29) is 6.61 Å². The predicted octanol–water partition coefficient (Wildman–Crippen LogP) is 1.20. The Morgan fingerprint density at radius 2 is 2.17 bits per heavy atom. The first-order chi connectivity index (χ1) is 5.56. The molecule has 3 nitrogen and oxygen atoms in total. The van der Waals surface area contributed by atoms with Crippen LogP contribution in [0.5, 0.6) is 0 Å². The molecule has 0 aliphatic rings. The van der Waals surface area contributed by atoms with Gasteiger partial charge in [0, 0.05) is 0 Å². The molecule has 0 radical (unpaired) electrons. The fourth-order valence-corrected chi connectivity index (χ4v) is 0.661. The van der Waals surface area contributed by atoms with E-state index in [2.05, 4.69) is 6.58 Å². The van der Waals surface area contributed by atoms with Crippen LogP contribution in [0.4, 0.5) is 0 Å². The molecule has 0 fully saturated rings. The standard InChI is InChI=1S/C9H14O3/c1-3-9(2,8(11)12)6-4-5-7-10/h3-5,10H,1,6-7H2,2H3,(H,11,12)/b5-4+. The van der Waals surface area contributed by atoms with E-state index in [4.69, 9.17) is 10.2 Å². The van der Waals surface area contributed by atoms with Crippen molar-refractivity contribution in [3.8, 4) is 0 Å². The molecule has 0 aromatic rings. The van der Waals surface area contributed by atoms with E-state index in [1.165, 1.54) is 12.2 Å². The molecule has 0 amide bonds. The summed E-state index contributed by atoms with van der Waals surface area (Å²) in [5.74, 6) is -0.903. The Bertz CT molecular complexity index is 196. The van der Waals surface area contributed by atoms with Crippen molar-refractivity contribution in [3.05, 3.63) is 24.8 Å². The smallest absolute Gasteiger partial charge is 0.313 e. The first-order valence-corrected chi connectivity index (χ1v) is 3.69. The zero-order chi connectivity index (χ0) is 9.61. The van der Waals surface area contributed by atoms with E-state index < -0.39 is 11.4 Å². The number of aliphatic carboxylic acids is 1. The molecular formula is C9H14O3. The minimum atomic E-state index is -0.925. The van der Waals surface area contributed by atoms with Gasteiger partial charge in [-0.2, -0.15) is 0 Å². The average molecular weight is 170 g/mol. The lowest BCUT2D eigenvalue weighted by molar-refractivity contribution is -0.144. The van der Waals surface area contributed by atoms with E-state index in [1.54, 1.807) is 13.0 Å². The summed E-state index contributed by atoms with van der Waals surface area (Å²) in [5.41, 5.74) is -0.925. The molecule has 0 heterocycles. The summed E-state index contributed by atoms with van der Waals surface area (Å²) in [5, 5.41) is 17.2. The Labute approximate surface area is 72.0 Å². The third-order valence-electron chi connectivity index (χ3n) is 1.75. The van der Waals surface area contributed by atoms with Gasteiger partial charge in [0.2, 0.25) is 0 Å². The Balaban J connectivity index is 4.24. The Kier molecular flexibility index (Phi) is 4.29. The van der Waals surface area contributed by atoms with Gasteiger partial charge in [-0.25, -0.2) is 0 Å². The summed E-state index contributed by atoms with van der Waals surface area (Å²) in [6.45, 7) is 4.98. The average Bonchev–Trinajstić information content (AvgIpc) is 2.04. The SMILES string of the molecule is C=CC(C)(C/C=C/CO)C(=O)O. The highest BCUT2D eigenvalue weighted by molar-refractivity contribution is 5.76. The number of rotatable bonds is 5. The van der Waals surface area contributed by atoms with Crippen molar-refractivity contribution < 1.29 is 15.0 Å². The molecule has 3 heteroatoms. The van der Waals surface area contributed by atoms with E-state index in [9.17, 15) is 4.79 Å². The highest BCUT2D eigenvalue weighted by Gasteiger charge is 2.27. The quantitative estimate of drug-likeness (QED) is 0.609. The largest absolute Gasteiger partial charge is 0.481 e. The Hall–Kier alpha value is -1.09. The molecule has 1 atom stereocenters. The highest BCUT2D eigenvalue weighted by Crippen LogP contribution is 2.23. The van der Waals surface area contributed by atoms with Crippen LogP contribution in [0.15, 0.2) is 24.8 Å².